The molecule has 0 amide bonds. The summed E-state index contributed by atoms with van der Waals surface area (Å²) in [6.45, 7) is -0.129. The Morgan fingerprint density at radius 3 is 2.55 bits per heavy atom. The van der Waals surface area contributed by atoms with Gasteiger partial charge in [0.15, 0.2) is 11.5 Å². The maximum absolute atomic E-state index is 12.0. The Labute approximate surface area is 133 Å². The van der Waals surface area contributed by atoms with Gasteiger partial charge in [-0.3, -0.25) is 0 Å². The van der Waals surface area contributed by atoms with E-state index in [4.69, 9.17) is 9.47 Å². The number of benzene rings is 1. The van der Waals surface area contributed by atoms with Crippen LogP contribution in [0.4, 0.5) is 0 Å². The smallest absolute Gasteiger partial charge is 0.250 e. The van der Waals surface area contributed by atoms with Crippen molar-refractivity contribution >= 4 is 21.4 Å². The lowest BCUT2D eigenvalue weighted by atomic mass is 10.1. The standard InChI is InChI=1S/C14H17NO5S2/c1-19-12-6-5-10(8-13(12)20-2)11(16)9-15-22(17,18)14-4-3-7-21-14/h3-8,11,15-16H,9H2,1-2H3. The fourth-order valence-corrected chi connectivity index (χ4v) is 3.93. The lowest BCUT2D eigenvalue weighted by molar-refractivity contribution is 0.181. The normalized spacial score (nSPS) is 12.9. The zero-order valence-corrected chi connectivity index (χ0v) is 13.8. The zero-order chi connectivity index (χ0) is 16.2. The molecule has 0 spiro atoms. The summed E-state index contributed by atoms with van der Waals surface area (Å²) in [5, 5.41) is 11.8. The van der Waals surface area contributed by atoms with Gasteiger partial charge in [-0.25, -0.2) is 13.1 Å². The maximum atomic E-state index is 12.0. The summed E-state index contributed by atoms with van der Waals surface area (Å²) in [5.74, 6) is 1.01. The van der Waals surface area contributed by atoms with Crippen molar-refractivity contribution < 1.29 is 23.0 Å². The highest BCUT2D eigenvalue weighted by atomic mass is 32.2. The van der Waals surface area contributed by atoms with E-state index in [1.807, 2.05) is 0 Å². The molecule has 1 heterocycles. The fraction of sp³-hybridized carbons (Fsp3) is 0.286. The minimum absolute atomic E-state index is 0.129. The van der Waals surface area contributed by atoms with Crippen molar-refractivity contribution in [2.45, 2.75) is 10.3 Å². The average molecular weight is 343 g/mol. The third-order valence-corrected chi connectivity index (χ3v) is 5.84. The van der Waals surface area contributed by atoms with E-state index in [1.165, 1.54) is 20.3 Å². The molecule has 0 aliphatic carbocycles. The molecule has 0 saturated heterocycles. The molecule has 2 aromatic rings. The summed E-state index contributed by atoms with van der Waals surface area (Å²) in [7, 11) is -0.585. The van der Waals surface area contributed by atoms with Crippen molar-refractivity contribution in [3.8, 4) is 11.5 Å². The minimum atomic E-state index is -3.60. The number of thiophene rings is 1. The summed E-state index contributed by atoms with van der Waals surface area (Å²) in [5.41, 5.74) is 0.534. The highest BCUT2D eigenvalue weighted by Crippen LogP contribution is 2.30. The van der Waals surface area contributed by atoms with Crippen LogP contribution in [0.25, 0.3) is 0 Å². The van der Waals surface area contributed by atoms with Gasteiger partial charge in [0.2, 0.25) is 10.0 Å². The number of methoxy groups -OCH3 is 2. The molecule has 6 nitrogen and oxygen atoms in total. The molecule has 1 aromatic heterocycles. The van der Waals surface area contributed by atoms with Gasteiger partial charge in [-0.2, -0.15) is 0 Å². The molecule has 0 radical (unpaired) electrons. The molecule has 1 unspecified atom stereocenters. The van der Waals surface area contributed by atoms with E-state index in [0.29, 0.717) is 17.1 Å². The van der Waals surface area contributed by atoms with Crippen molar-refractivity contribution in [2.75, 3.05) is 20.8 Å². The molecular weight excluding hydrogens is 326 g/mol. The Balaban J connectivity index is 2.08. The number of ether oxygens (including phenoxy) is 2. The highest BCUT2D eigenvalue weighted by molar-refractivity contribution is 7.91. The predicted molar refractivity (Wildman–Crippen MR) is 84.0 cm³/mol. The van der Waals surface area contributed by atoms with Crippen molar-refractivity contribution in [3.63, 3.8) is 0 Å². The first-order valence-corrected chi connectivity index (χ1v) is 8.77. The van der Waals surface area contributed by atoms with Crippen molar-refractivity contribution in [3.05, 3.63) is 41.3 Å². The summed E-state index contributed by atoms with van der Waals surface area (Å²) >= 11 is 1.12. The Kier molecular flexibility index (Phi) is 5.41. The highest BCUT2D eigenvalue weighted by Gasteiger charge is 2.18. The quantitative estimate of drug-likeness (QED) is 0.800. The number of nitrogens with one attached hydrogen (secondary N) is 1. The van der Waals surface area contributed by atoms with Crippen molar-refractivity contribution in [2.24, 2.45) is 0 Å². The molecule has 0 aliphatic heterocycles. The summed E-state index contributed by atoms with van der Waals surface area (Å²) in [4.78, 5) is 0. The molecule has 0 aliphatic rings. The molecule has 1 atom stereocenters. The van der Waals surface area contributed by atoms with Crippen molar-refractivity contribution in [1.29, 1.82) is 0 Å². The molecule has 8 heteroatoms. The second kappa shape index (κ2) is 7.10. The van der Waals surface area contributed by atoms with E-state index in [-0.39, 0.29) is 10.8 Å². The van der Waals surface area contributed by atoms with E-state index in [1.54, 1.807) is 29.6 Å². The Morgan fingerprint density at radius 2 is 1.95 bits per heavy atom. The number of rotatable bonds is 7. The zero-order valence-electron chi connectivity index (χ0n) is 12.1. The van der Waals surface area contributed by atoms with Gasteiger partial charge in [-0.15, -0.1) is 11.3 Å². The summed E-state index contributed by atoms with van der Waals surface area (Å²) in [6.07, 6.45) is -0.991. The molecule has 2 rings (SSSR count). The fourth-order valence-electron chi connectivity index (χ4n) is 1.85. The first-order chi connectivity index (χ1) is 10.5. The maximum Gasteiger partial charge on any atom is 0.250 e. The van der Waals surface area contributed by atoms with Gasteiger partial charge in [0.25, 0.3) is 0 Å². The van der Waals surface area contributed by atoms with E-state index in [9.17, 15) is 13.5 Å². The molecule has 120 valence electrons. The minimum Gasteiger partial charge on any atom is -0.493 e. The van der Waals surface area contributed by atoms with Crippen LogP contribution in [0.2, 0.25) is 0 Å². The molecule has 0 saturated carbocycles. The van der Waals surface area contributed by atoms with E-state index in [2.05, 4.69) is 4.72 Å². The largest absolute Gasteiger partial charge is 0.493 e. The SMILES string of the molecule is COc1ccc(C(O)CNS(=O)(=O)c2cccs2)cc1OC. The van der Waals surface area contributed by atoms with Crippen LogP contribution in [0.1, 0.15) is 11.7 Å². The molecule has 1 aromatic carbocycles. The topological polar surface area (TPSA) is 84.9 Å². The van der Waals surface area contributed by atoms with Crippen LogP contribution < -0.4 is 14.2 Å². The lowest BCUT2D eigenvalue weighted by Gasteiger charge is -2.14. The van der Waals surface area contributed by atoms with E-state index >= 15 is 0 Å². The first kappa shape index (κ1) is 16.8. The number of hydrogen-bond acceptors (Lipinski definition) is 6. The van der Waals surface area contributed by atoms with E-state index < -0.39 is 16.1 Å². The van der Waals surface area contributed by atoms with Crippen LogP contribution in [0.3, 0.4) is 0 Å². The lowest BCUT2D eigenvalue weighted by Crippen LogP contribution is -2.28. The van der Waals surface area contributed by atoms with Crippen LogP contribution in [0.15, 0.2) is 39.9 Å². The molecule has 0 bridgehead atoms. The van der Waals surface area contributed by atoms with Crippen LogP contribution in [0.5, 0.6) is 11.5 Å². The molecule has 0 fully saturated rings. The second-order valence-electron chi connectivity index (χ2n) is 4.41. The number of aliphatic hydroxyl groups excluding tert-OH is 1. The molecule has 22 heavy (non-hydrogen) atoms. The molecule has 2 N–H and O–H groups in total. The third-order valence-electron chi connectivity index (χ3n) is 3.02. The van der Waals surface area contributed by atoms with Gasteiger partial charge in [0, 0.05) is 6.54 Å². The predicted octanol–water partition coefficient (Wildman–Crippen LogP) is 1.78. The van der Waals surface area contributed by atoms with Crippen LogP contribution in [-0.4, -0.2) is 34.3 Å². The number of sulfonamides is 1. The van der Waals surface area contributed by atoms with Crippen LogP contribution in [-0.2, 0) is 10.0 Å². The monoisotopic (exact) mass is 343 g/mol. The molecular formula is C14H17NO5S2. The van der Waals surface area contributed by atoms with Gasteiger partial charge in [0.05, 0.1) is 20.3 Å². The van der Waals surface area contributed by atoms with Crippen LogP contribution in [0, 0.1) is 0 Å². The van der Waals surface area contributed by atoms with Gasteiger partial charge in [-0.1, -0.05) is 12.1 Å². The third kappa shape index (κ3) is 3.77. The number of hydrogen-bond donors (Lipinski definition) is 2. The van der Waals surface area contributed by atoms with Gasteiger partial charge < -0.3 is 14.6 Å². The Hall–Kier alpha value is -1.61. The average Bonchev–Trinajstić information content (AvgIpc) is 3.07. The van der Waals surface area contributed by atoms with Crippen molar-refractivity contribution in [1.82, 2.24) is 4.72 Å². The van der Waals surface area contributed by atoms with Gasteiger partial charge in [0.1, 0.15) is 4.21 Å². The summed E-state index contributed by atoms with van der Waals surface area (Å²) in [6, 6.07) is 8.10. The first-order valence-electron chi connectivity index (χ1n) is 6.41. The second-order valence-corrected chi connectivity index (χ2v) is 7.36. The Morgan fingerprint density at radius 1 is 1.23 bits per heavy atom. The van der Waals surface area contributed by atoms with Gasteiger partial charge >= 0.3 is 0 Å². The van der Waals surface area contributed by atoms with E-state index in [0.717, 1.165) is 11.3 Å². The van der Waals surface area contributed by atoms with Gasteiger partial charge in [-0.05, 0) is 29.1 Å². The van der Waals surface area contributed by atoms with Crippen LogP contribution >= 0.6 is 11.3 Å². The number of aliphatic hydroxyl groups is 1. The summed E-state index contributed by atoms with van der Waals surface area (Å²) < 4.78 is 36.9. The Bertz CT molecular complexity index is 713.